The molecule has 32 heavy (non-hydrogen) atoms. The molecule has 4 rings (SSSR count). The molecule has 2 aliphatic carbocycles. The van der Waals surface area contributed by atoms with Crippen LogP contribution in [0.5, 0.6) is 0 Å². The van der Waals surface area contributed by atoms with E-state index < -0.39 is 18.3 Å². The number of fused-ring (bicyclic) bond motifs is 3. The molecule has 1 aromatic rings. The van der Waals surface area contributed by atoms with Crippen molar-refractivity contribution >= 4 is 11.6 Å². The maximum absolute atomic E-state index is 13.0. The van der Waals surface area contributed by atoms with Gasteiger partial charge in [0.2, 0.25) is 5.91 Å². The van der Waals surface area contributed by atoms with Crippen LogP contribution in [0.3, 0.4) is 0 Å². The zero-order valence-corrected chi connectivity index (χ0v) is 18.9. The number of aliphatic hydroxyl groups is 3. The van der Waals surface area contributed by atoms with Gasteiger partial charge < -0.3 is 20.2 Å². The lowest BCUT2D eigenvalue weighted by Crippen LogP contribution is -2.32. The van der Waals surface area contributed by atoms with Crippen LogP contribution in [0.2, 0.25) is 0 Å². The third-order valence-corrected chi connectivity index (χ3v) is 7.20. The summed E-state index contributed by atoms with van der Waals surface area (Å²) in [7, 11) is 0. The Kier molecular flexibility index (Phi) is 7.82. The van der Waals surface area contributed by atoms with E-state index in [2.05, 4.69) is 24.3 Å². The van der Waals surface area contributed by atoms with Crippen molar-refractivity contribution in [3.05, 3.63) is 54.1 Å². The smallest absolute Gasteiger partial charge is 0.226 e. The Hall–Kier alpha value is -1.95. The minimum atomic E-state index is -0.608. The number of hydrogen-bond donors (Lipinski definition) is 3. The van der Waals surface area contributed by atoms with Crippen molar-refractivity contribution in [2.75, 3.05) is 11.4 Å². The molecule has 0 aromatic heterocycles. The second-order valence-corrected chi connectivity index (χ2v) is 9.82. The fourth-order valence-electron chi connectivity index (χ4n) is 5.04. The summed E-state index contributed by atoms with van der Waals surface area (Å²) in [6.07, 6.45) is 13.0. The first kappa shape index (κ1) is 23.2. The van der Waals surface area contributed by atoms with Gasteiger partial charge in [-0.3, -0.25) is 4.79 Å². The predicted molar refractivity (Wildman–Crippen MR) is 126 cm³/mol. The molecular formula is C27H37NO4. The third-order valence-electron chi connectivity index (χ3n) is 7.20. The van der Waals surface area contributed by atoms with Crippen LogP contribution in [0.4, 0.5) is 5.69 Å². The number of aryl methyl sites for hydroxylation is 1. The van der Waals surface area contributed by atoms with E-state index >= 15 is 0 Å². The van der Waals surface area contributed by atoms with Crippen molar-refractivity contribution in [1.82, 2.24) is 0 Å². The standard InChI is InChI=1S/C27H37NO4/c29-22-13-12-19-6-5-7-21(16-19)28(18-20-10-11-20)27(32)9-4-2-1-3-8-23-24(15-14-22)26(31)17-25(23)30/h1,3,5-7,14-16,20,22-26,29-31H,2,4,8-13,17-18H2/b3-1-,15-14+/t22-,23+,24+,25-,26+/m0/s1. The van der Waals surface area contributed by atoms with E-state index in [1.165, 1.54) is 12.8 Å². The van der Waals surface area contributed by atoms with Crippen LogP contribution in [0, 0.1) is 17.8 Å². The number of rotatable bonds is 2. The van der Waals surface area contributed by atoms with E-state index in [0.717, 1.165) is 30.6 Å². The normalized spacial score (nSPS) is 34.4. The molecule has 1 aromatic carbocycles. The second kappa shape index (κ2) is 10.8. The molecule has 0 spiro atoms. The van der Waals surface area contributed by atoms with Crippen molar-refractivity contribution < 1.29 is 20.1 Å². The van der Waals surface area contributed by atoms with Gasteiger partial charge in [0.1, 0.15) is 0 Å². The molecule has 0 saturated heterocycles. The summed E-state index contributed by atoms with van der Waals surface area (Å²) < 4.78 is 0. The molecule has 2 bridgehead atoms. The first-order chi connectivity index (χ1) is 15.5. The number of benzene rings is 1. The zero-order chi connectivity index (χ0) is 22.5. The Morgan fingerprint density at radius 2 is 1.81 bits per heavy atom. The van der Waals surface area contributed by atoms with E-state index in [0.29, 0.717) is 38.0 Å². The molecule has 1 aliphatic heterocycles. The van der Waals surface area contributed by atoms with Crippen LogP contribution in [0.15, 0.2) is 48.6 Å². The van der Waals surface area contributed by atoms with E-state index in [4.69, 9.17) is 0 Å². The van der Waals surface area contributed by atoms with Gasteiger partial charge in [-0.05, 0) is 74.5 Å². The summed E-state index contributed by atoms with van der Waals surface area (Å²) in [5, 5.41) is 31.3. The molecule has 0 radical (unpaired) electrons. The zero-order valence-electron chi connectivity index (χ0n) is 18.9. The fourth-order valence-corrected chi connectivity index (χ4v) is 5.04. The minimum absolute atomic E-state index is 0.0454. The highest BCUT2D eigenvalue weighted by molar-refractivity contribution is 5.93. The number of carbonyl (C=O) groups excluding carboxylic acids is 1. The van der Waals surface area contributed by atoms with Gasteiger partial charge in [-0.1, -0.05) is 36.4 Å². The van der Waals surface area contributed by atoms with Crippen molar-refractivity contribution in [3.63, 3.8) is 0 Å². The van der Waals surface area contributed by atoms with E-state index in [1.54, 1.807) is 6.08 Å². The first-order valence-corrected chi connectivity index (χ1v) is 12.3. The molecule has 1 amide bonds. The van der Waals surface area contributed by atoms with Gasteiger partial charge in [0.05, 0.1) is 18.3 Å². The summed E-state index contributed by atoms with van der Waals surface area (Å²) in [4.78, 5) is 15.0. The summed E-state index contributed by atoms with van der Waals surface area (Å²) in [5.74, 6) is 0.606. The Morgan fingerprint density at radius 1 is 0.969 bits per heavy atom. The number of nitrogens with zero attached hydrogens (tertiary/aromatic N) is 1. The maximum atomic E-state index is 13.0. The summed E-state index contributed by atoms with van der Waals surface area (Å²) in [6, 6.07) is 8.16. The van der Waals surface area contributed by atoms with Crippen molar-refractivity contribution in [3.8, 4) is 0 Å². The number of allylic oxidation sites excluding steroid dienone is 2. The number of carbonyl (C=O) groups is 1. The lowest BCUT2D eigenvalue weighted by molar-refractivity contribution is -0.118. The molecule has 0 unspecified atom stereocenters. The average molecular weight is 440 g/mol. The molecule has 1 heterocycles. The van der Waals surface area contributed by atoms with Crippen LogP contribution >= 0.6 is 0 Å². The largest absolute Gasteiger partial charge is 0.393 e. The highest BCUT2D eigenvalue weighted by Crippen LogP contribution is 2.36. The van der Waals surface area contributed by atoms with Gasteiger partial charge in [0, 0.05) is 31.0 Å². The first-order valence-electron chi connectivity index (χ1n) is 12.3. The SMILES string of the molecule is O=C1CCC/C=C\C[C@@H]2[C@@H](/C=C/[C@@H](O)CCc3cccc(c3)N1CC1CC1)[C@H](O)C[C@@H]2O. The monoisotopic (exact) mass is 439 g/mol. The highest BCUT2D eigenvalue weighted by Gasteiger charge is 2.39. The summed E-state index contributed by atoms with van der Waals surface area (Å²) in [5.41, 5.74) is 2.08. The molecule has 3 aliphatic rings. The molecule has 174 valence electrons. The van der Waals surface area contributed by atoms with Gasteiger partial charge in [0.15, 0.2) is 0 Å². The molecule has 5 nitrogen and oxygen atoms in total. The second-order valence-electron chi connectivity index (χ2n) is 9.82. The Labute approximate surface area is 191 Å². The Bertz CT molecular complexity index is 831. The van der Waals surface area contributed by atoms with Crippen molar-refractivity contribution in [1.29, 1.82) is 0 Å². The summed E-state index contributed by atoms with van der Waals surface area (Å²) >= 11 is 0. The van der Waals surface area contributed by atoms with Crippen LogP contribution in [0.1, 0.15) is 56.9 Å². The quantitative estimate of drug-likeness (QED) is 0.613. The van der Waals surface area contributed by atoms with Crippen molar-refractivity contribution in [2.24, 2.45) is 17.8 Å². The molecular weight excluding hydrogens is 402 g/mol. The lowest BCUT2D eigenvalue weighted by atomic mass is 9.89. The van der Waals surface area contributed by atoms with Gasteiger partial charge in [-0.15, -0.1) is 0 Å². The van der Waals surface area contributed by atoms with Gasteiger partial charge in [-0.25, -0.2) is 0 Å². The maximum Gasteiger partial charge on any atom is 0.226 e. The number of amides is 1. The third kappa shape index (κ3) is 6.09. The van der Waals surface area contributed by atoms with Crippen LogP contribution in [-0.2, 0) is 11.2 Å². The molecule has 3 N–H and O–H groups in total. The minimum Gasteiger partial charge on any atom is -0.393 e. The summed E-state index contributed by atoms with van der Waals surface area (Å²) in [6.45, 7) is 0.798. The number of aliphatic hydroxyl groups excluding tert-OH is 3. The number of hydrogen-bond acceptors (Lipinski definition) is 4. The Balaban J connectivity index is 1.52. The van der Waals surface area contributed by atoms with Gasteiger partial charge in [0.25, 0.3) is 0 Å². The van der Waals surface area contributed by atoms with Crippen molar-refractivity contribution in [2.45, 2.75) is 76.1 Å². The van der Waals surface area contributed by atoms with Crippen LogP contribution in [-0.4, -0.2) is 46.1 Å². The Morgan fingerprint density at radius 3 is 2.62 bits per heavy atom. The molecule has 2 saturated carbocycles. The van der Waals surface area contributed by atoms with Crippen LogP contribution < -0.4 is 4.90 Å². The van der Waals surface area contributed by atoms with E-state index in [1.807, 2.05) is 23.1 Å². The van der Waals surface area contributed by atoms with Crippen LogP contribution in [0.25, 0.3) is 0 Å². The highest BCUT2D eigenvalue weighted by atomic mass is 16.3. The molecule has 5 atom stereocenters. The molecule has 5 heteroatoms. The topological polar surface area (TPSA) is 81.0 Å². The van der Waals surface area contributed by atoms with E-state index in [9.17, 15) is 20.1 Å². The molecule has 2 fully saturated rings. The fraction of sp³-hybridized carbons (Fsp3) is 0.593. The van der Waals surface area contributed by atoms with Gasteiger partial charge in [-0.2, -0.15) is 0 Å². The predicted octanol–water partition coefficient (Wildman–Crippen LogP) is 3.77. The lowest BCUT2D eigenvalue weighted by Gasteiger charge is -2.24. The average Bonchev–Trinajstić information content (AvgIpc) is 3.56. The van der Waals surface area contributed by atoms with Gasteiger partial charge >= 0.3 is 0 Å². The van der Waals surface area contributed by atoms with E-state index in [-0.39, 0.29) is 17.7 Å². The number of anilines is 1.